The summed E-state index contributed by atoms with van der Waals surface area (Å²) in [5, 5.41) is -0.273. The fourth-order valence-corrected chi connectivity index (χ4v) is 3.25. The predicted molar refractivity (Wildman–Crippen MR) is 63.5 cm³/mol. The first-order chi connectivity index (χ1) is 6.86. The van der Waals surface area contributed by atoms with Crippen LogP contribution in [-0.4, -0.2) is 25.0 Å². The monoisotopic (exact) mass is 233 g/mol. The quantitative estimate of drug-likeness (QED) is 0.806. The summed E-state index contributed by atoms with van der Waals surface area (Å²) in [4.78, 5) is 0. The minimum Gasteiger partial charge on any atom is -0.325 e. The Labute approximate surface area is 93.3 Å². The van der Waals surface area contributed by atoms with Crippen molar-refractivity contribution in [1.82, 2.24) is 0 Å². The van der Waals surface area contributed by atoms with E-state index in [-0.39, 0.29) is 16.5 Å². The lowest BCUT2D eigenvalue weighted by Gasteiger charge is -2.33. The third-order valence-corrected chi connectivity index (χ3v) is 5.66. The SMILES string of the molecule is CC(C)S(=O)(=O)CCC1(N)CCCCC1. The zero-order chi connectivity index (χ0) is 11.5. The van der Waals surface area contributed by atoms with Crippen LogP contribution >= 0.6 is 0 Å². The third kappa shape index (κ3) is 3.76. The average Bonchev–Trinajstić information content (AvgIpc) is 2.16. The number of sulfone groups is 1. The van der Waals surface area contributed by atoms with Crippen molar-refractivity contribution in [3.8, 4) is 0 Å². The molecular formula is C11H23NO2S. The van der Waals surface area contributed by atoms with Gasteiger partial charge in [0, 0.05) is 5.54 Å². The van der Waals surface area contributed by atoms with Crippen LogP contribution in [0.1, 0.15) is 52.4 Å². The molecule has 0 aliphatic heterocycles. The molecule has 1 rings (SSSR count). The predicted octanol–water partition coefficient (Wildman–Crippen LogP) is 1.86. The van der Waals surface area contributed by atoms with Gasteiger partial charge in [-0.15, -0.1) is 0 Å². The summed E-state index contributed by atoms with van der Waals surface area (Å²) in [5.41, 5.74) is 5.99. The maximum absolute atomic E-state index is 11.7. The van der Waals surface area contributed by atoms with E-state index in [1.165, 1.54) is 6.42 Å². The Kier molecular flexibility index (Phi) is 4.18. The molecule has 90 valence electrons. The highest BCUT2D eigenvalue weighted by Crippen LogP contribution is 2.29. The van der Waals surface area contributed by atoms with Crippen LogP contribution in [0.5, 0.6) is 0 Å². The van der Waals surface area contributed by atoms with Crippen molar-refractivity contribution in [3.63, 3.8) is 0 Å². The Hall–Kier alpha value is -0.0900. The van der Waals surface area contributed by atoms with Gasteiger partial charge in [-0.05, 0) is 33.1 Å². The van der Waals surface area contributed by atoms with Crippen molar-refractivity contribution in [2.75, 3.05) is 5.75 Å². The normalized spacial score (nSPS) is 21.9. The Morgan fingerprint density at radius 1 is 1.20 bits per heavy atom. The molecule has 1 aliphatic rings. The van der Waals surface area contributed by atoms with Crippen molar-refractivity contribution in [2.45, 2.75) is 63.2 Å². The lowest BCUT2D eigenvalue weighted by Crippen LogP contribution is -2.43. The highest BCUT2D eigenvalue weighted by molar-refractivity contribution is 7.91. The molecule has 1 fully saturated rings. The summed E-state index contributed by atoms with van der Waals surface area (Å²) in [7, 11) is -2.92. The minimum atomic E-state index is -2.92. The number of rotatable bonds is 4. The van der Waals surface area contributed by atoms with Crippen molar-refractivity contribution in [2.24, 2.45) is 5.73 Å². The summed E-state index contributed by atoms with van der Waals surface area (Å²) in [6, 6.07) is 0. The first kappa shape index (κ1) is 13.0. The smallest absolute Gasteiger partial charge is 0.152 e. The van der Waals surface area contributed by atoms with Gasteiger partial charge in [-0.1, -0.05) is 19.3 Å². The number of hydrogen-bond donors (Lipinski definition) is 1. The van der Waals surface area contributed by atoms with Gasteiger partial charge in [0.15, 0.2) is 9.84 Å². The van der Waals surface area contributed by atoms with Crippen LogP contribution < -0.4 is 5.73 Å². The first-order valence-corrected chi connectivity index (χ1v) is 7.58. The van der Waals surface area contributed by atoms with Gasteiger partial charge in [0.2, 0.25) is 0 Å². The molecule has 2 N–H and O–H groups in total. The van der Waals surface area contributed by atoms with Crippen LogP contribution in [0.4, 0.5) is 0 Å². The van der Waals surface area contributed by atoms with Gasteiger partial charge in [0.25, 0.3) is 0 Å². The molecule has 0 atom stereocenters. The van der Waals surface area contributed by atoms with Gasteiger partial charge in [0.1, 0.15) is 0 Å². The van der Waals surface area contributed by atoms with Crippen LogP contribution in [0.15, 0.2) is 0 Å². The van der Waals surface area contributed by atoms with Gasteiger partial charge in [-0.25, -0.2) is 8.42 Å². The van der Waals surface area contributed by atoms with Crippen LogP contribution in [0.25, 0.3) is 0 Å². The molecule has 0 unspecified atom stereocenters. The fourth-order valence-electron chi connectivity index (χ4n) is 2.09. The van der Waals surface area contributed by atoms with Crippen molar-refractivity contribution >= 4 is 9.84 Å². The molecule has 0 radical (unpaired) electrons. The fraction of sp³-hybridized carbons (Fsp3) is 1.00. The van der Waals surface area contributed by atoms with E-state index in [1.807, 2.05) is 0 Å². The van der Waals surface area contributed by atoms with E-state index >= 15 is 0 Å². The molecule has 15 heavy (non-hydrogen) atoms. The van der Waals surface area contributed by atoms with Crippen LogP contribution in [0.2, 0.25) is 0 Å². The van der Waals surface area contributed by atoms with Crippen LogP contribution in [0, 0.1) is 0 Å². The molecule has 0 bridgehead atoms. The second-order valence-corrected chi connectivity index (χ2v) is 7.77. The lowest BCUT2D eigenvalue weighted by molar-refractivity contribution is 0.288. The second-order valence-electron chi connectivity index (χ2n) is 5.09. The van der Waals surface area contributed by atoms with E-state index in [0.29, 0.717) is 6.42 Å². The molecule has 0 aromatic rings. The highest BCUT2D eigenvalue weighted by Gasteiger charge is 2.29. The molecule has 0 heterocycles. The summed E-state index contributed by atoms with van der Waals surface area (Å²) in [6.45, 7) is 3.47. The van der Waals surface area contributed by atoms with E-state index in [4.69, 9.17) is 5.73 Å². The molecule has 3 nitrogen and oxygen atoms in total. The summed E-state index contributed by atoms with van der Waals surface area (Å²) < 4.78 is 23.3. The Morgan fingerprint density at radius 3 is 2.20 bits per heavy atom. The van der Waals surface area contributed by atoms with E-state index in [2.05, 4.69) is 0 Å². The van der Waals surface area contributed by atoms with Gasteiger partial charge in [-0.3, -0.25) is 0 Å². The molecule has 1 aliphatic carbocycles. The van der Waals surface area contributed by atoms with E-state index in [0.717, 1.165) is 25.7 Å². The minimum absolute atomic E-state index is 0.208. The maximum atomic E-state index is 11.7. The summed E-state index contributed by atoms with van der Waals surface area (Å²) >= 11 is 0. The topological polar surface area (TPSA) is 60.2 Å². The molecule has 0 aromatic heterocycles. The standard InChI is InChI=1S/C11H23NO2S/c1-10(2)15(13,14)9-8-11(12)6-4-3-5-7-11/h10H,3-9,12H2,1-2H3. The second kappa shape index (κ2) is 4.83. The summed E-state index contributed by atoms with van der Waals surface area (Å²) in [5.74, 6) is 0.251. The lowest BCUT2D eigenvalue weighted by atomic mass is 9.81. The van der Waals surface area contributed by atoms with Gasteiger partial charge in [-0.2, -0.15) is 0 Å². The van der Waals surface area contributed by atoms with E-state index in [1.54, 1.807) is 13.8 Å². The molecule has 1 saturated carbocycles. The van der Waals surface area contributed by atoms with Crippen LogP contribution in [-0.2, 0) is 9.84 Å². The Balaban J connectivity index is 2.48. The first-order valence-electron chi connectivity index (χ1n) is 5.86. The zero-order valence-electron chi connectivity index (χ0n) is 9.83. The van der Waals surface area contributed by atoms with Crippen molar-refractivity contribution in [1.29, 1.82) is 0 Å². The molecular weight excluding hydrogens is 210 g/mol. The largest absolute Gasteiger partial charge is 0.325 e. The van der Waals surface area contributed by atoms with Crippen molar-refractivity contribution in [3.05, 3.63) is 0 Å². The maximum Gasteiger partial charge on any atom is 0.152 e. The Bertz CT molecular complexity index is 290. The zero-order valence-corrected chi connectivity index (χ0v) is 10.6. The molecule has 0 amide bonds. The van der Waals surface area contributed by atoms with Crippen molar-refractivity contribution < 1.29 is 8.42 Å². The van der Waals surface area contributed by atoms with E-state index < -0.39 is 9.84 Å². The molecule has 0 saturated heterocycles. The Morgan fingerprint density at radius 2 is 1.73 bits per heavy atom. The van der Waals surface area contributed by atoms with Gasteiger partial charge in [0.05, 0.1) is 11.0 Å². The van der Waals surface area contributed by atoms with Gasteiger partial charge >= 0.3 is 0 Å². The van der Waals surface area contributed by atoms with Gasteiger partial charge < -0.3 is 5.73 Å². The van der Waals surface area contributed by atoms with E-state index in [9.17, 15) is 8.42 Å². The molecule has 0 aromatic carbocycles. The highest BCUT2D eigenvalue weighted by atomic mass is 32.2. The average molecular weight is 233 g/mol. The molecule has 4 heteroatoms. The number of nitrogens with two attached hydrogens (primary N) is 1. The number of hydrogen-bond acceptors (Lipinski definition) is 3. The third-order valence-electron chi connectivity index (χ3n) is 3.45. The summed E-state index contributed by atoms with van der Waals surface area (Å²) in [6.07, 6.45) is 6.15. The van der Waals surface area contributed by atoms with Crippen LogP contribution in [0.3, 0.4) is 0 Å². The molecule has 0 spiro atoms.